The third kappa shape index (κ3) is 3.53. The fourth-order valence-electron chi connectivity index (χ4n) is 1.99. The molecule has 4 nitrogen and oxygen atoms in total. The van der Waals surface area contributed by atoms with Crippen LogP contribution in [0.2, 0.25) is 0 Å². The first-order valence-corrected chi connectivity index (χ1v) is 5.52. The second-order valence-electron chi connectivity index (χ2n) is 4.47. The molecule has 1 aliphatic heterocycles. The zero-order valence-electron chi connectivity index (χ0n) is 9.40. The summed E-state index contributed by atoms with van der Waals surface area (Å²) in [4.78, 5) is 23.9. The van der Waals surface area contributed by atoms with Gasteiger partial charge in [-0.25, -0.2) is 0 Å². The molecule has 1 rings (SSSR count). The van der Waals surface area contributed by atoms with E-state index in [4.69, 9.17) is 5.11 Å². The lowest BCUT2D eigenvalue weighted by Crippen LogP contribution is -2.44. The molecule has 1 amide bonds. The third-order valence-electron chi connectivity index (χ3n) is 2.99. The second kappa shape index (κ2) is 5.14. The Morgan fingerprint density at radius 2 is 1.93 bits per heavy atom. The standard InChI is InChI=1S/C11H19NO3/c1-8-3-4-9(2)12(7-8)10(13)5-6-11(14)15/h8-9H,3-7H2,1-2H3,(H,14,15). The number of aliphatic carboxylic acids is 1. The predicted octanol–water partition coefficient (Wildman–Crippen LogP) is 1.50. The fraction of sp³-hybridized carbons (Fsp3) is 0.818. The quantitative estimate of drug-likeness (QED) is 0.772. The Kier molecular flexibility index (Phi) is 4.12. The number of piperidine rings is 1. The van der Waals surface area contributed by atoms with Gasteiger partial charge in [-0.1, -0.05) is 6.92 Å². The molecule has 0 aromatic rings. The lowest BCUT2D eigenvalue weighted by Gasteiger charge is -2.36. The first-order chi connectivity index (χ1) is 7.00. The zero-order valence-corrected chi connectivity index (χ0v) is 9.40. The van der Waals surface area contributed by atoms with Gasteiger partial charge in [0.05, 0.1) is 6.42 Å². The van der Waals surface area contributed by atoms with E-state index in [-0.39, 0.29) is 24.8 Å². The van der Waals surface area contributed by atoms with Crippen molar-refractivity contribution in [1.29, 1.82) is 0 Å². The Morgan fingerprint density at radius 1 is 1.27 bits per heavy atom. The van der Waals surface area contributed by atoms with Gasteiger partial charge >= 0.3 is 5.97 Å². The molecule has 0 aromatic heterocycles. The van der Waals surface area contributed by atoms with Gasteiger partial charge in [0.25, 0.3) is 0 Å². The minimum atomic E-state index is -0.902. The molecule has 0 aliphatic carbocycles. The summed E-state index contributed by atoms with van der Waals surface area (Å²) in [7, 11) is 0. The van der Waals surface area contributed by atoms with Gasteiger partial charge in [0, 0.05) is 19.0 Å². The average Bonchev–Trinajstić information content (AvgIpc) is 2.18. The second-order valence-corrected chi connectivity index (χ2v) is 4.47. The van der Waals surface area contributed by atoms with Crippen molar-refractivity contribution >= 4 is 11.9 Å². The van der Waals surface area contributed by atoms with E-state index in [1.54, 1.807) is 0 Å². The van der Waals surface area contributed by atoms with Gasteiger partial charge in [0.2, 0.25) is 5.91 Å². The Morgan fingerprint density at radius 3 is 2.53 bits per heavy atom. The minimum Gasteiger partial charge on any atom is -0.481 e. The van der Waals surface area contributed by atoms with Crippen molar-refractivity contribution in [3.05, 3.63) is 0 Å². The molecule has 0 spiro atoms. The van der Waals surface area contributed by atoms with Crippen LogP contribution in [0.4, 0.5) is 0 Å². The summed E-state index contributed by atoms with van der Waals surface area (Å²) < 4.78 is 0. The average molecular weight is 213 g/mol. The lowest BCUT2D eigenvalue weighted by atomic mass is 9.94. The SMILES string of the molecule is CC1CCC(C)N(C(=O)CCC(=O)O)C1. The molecule has 86 valence electrons. The predicted molar refractivity (Wildman–Crippen MR) is 56.4 cm³/mol. The minimum absolute atomic E-state index is 0.0172. The van der Waals surface area contributed by atoms with E-state index in [0.29, 0.717) is 5.92 Å². The van der Waals surface area contributed by atoms with E-state index >= 15 is 0 Å². The van der Waals surface area contributed by atoms with Gasteiger partial charge in [-0.05, 0) is 25.7 Å². The van der Waals surface area contributed by atoms with Gasteiger partial charge in [-0.3, -0.25) is 9.59 Å². The number of nitrogens with zero attached hydrogens (tertiary/aromatic N) is 1. The third-order valence-corrected chi connectivity index (χ3v) is 2.99. The van der Waals surface area contributed by atoms with E-state index in [2.05, 4.69) is 6.92 Å². The van der Waals surface area contributed by atoms with Gasteiger partial charge in [-0.2, -0.15) is 0 Å². The number of amides is 1. The maximum Gasteiger partial charge on any atom is 0.303 e. The first kappa shape index (κ1) is 12.0. The molecule has 0 aromatic carbocycles. The highest BCUT2D eigenvalue weighted by atomic mass is 16.4. The van der Waals surface area contributed by atoms with Gasteiger partial charge < -0.3 is 10.0 Å². The molecule has 0 saturated carbocycles. The van der Waals surface area contributed by atoms with Crippen LogP contribution in [0.25, 0.3) is 0 Å². The maximum absolute atomic E-state index is 11.7. The molecule has 2 atom stereocenters. The largest absolute Gasteiger partial charge is 0.481 e. The van der Waals surface area contributed by atoms with Gasteiger partial charge in [0.15, 0.2) is 0 Å². The highest BCUT2D eigenvalue weighted by Gasteiger charge is 2.26. The Hall–Kier alpha value is -1.06. The molecule has 1 saturated heterocycles. The Balaban J connectivity index is 2.45. The summed E-state index contributed by atoms with van der Waals surface area (Å²) in [6, 6.07) is 0.266. The monoisotopic (exact) mass is 213 g/mol. The van der Waals surface area contributed by atoms with E-state index in [1.165, 1.54) is 0 Å². The van der Waals surface area contributed by atoms with Crippen LogP contribution in [0, 0.1) is 5.92 Å². The van der Waals surface area contributed by atoms with Crippen LogP contribution >= 0.6 is 0 Å². The molecule has 1 fully saturated rings. The summed E-state index contributed by atoms with van der Waals surface area (Å²) in [5.41, 5.74) is 0. The number of carboxylic acid groups (broad SMARTS) is 1. The van der Waals surface area contributed by atoms with Crippen molar-refractivity contribution in [2.75, 3.05) is 6.54 Å². The van der Waals surface area contributed by atoms with Crippen molar-refractivity contribution in [3.63, 3.8) is 0 Å². The van der Waals surface area contributed by atoms with E-state index in [0.717, 1.165) is 19.4 Å². The number of carboxylic acids is 1. The maximum atomic E-state index is 11.7. The zero-order chi connectivity index (χ0) is 11.4. The summed E-state index contributed by atoms with van der Waals surface area (Å²) in [6.45, 7) is 4.94. The van der Waals surface area contributed by atoms with Gasteiger partial charge in [-0.15, -0.1) is 0 Å². The normalized spacial score (nSPS) is 26.4. The van der Waals surface area contributed by atoms with Crippen LogP contribution in [0.1, 0.15) is 39.5 Å². The molecule has 1 N–H and O–H groups in total. The van der Waals surface area contributed by atoms with Crippen LogP contribution in [-0.4, -0.2) is 34.5 Å². The van der Waals surface area contributed by atoms with Gasteiger partial charge in [0.1, 0.15) is 0 Å². The van der Waals surface area contributed by atoms with Crippen LogP contribution in [0.5, 0.6) is 0 Å². The van der Waals surface area contributed by atoms with E-state index < -0.39 is 5.97 Å². The molecular weight excluding hydrogens is 194 g/mol. The molecule has 2 unspecified atom stereocenters. The van der Waals surface area contributed by atoms with Crippen molar-refractivity contribution in [1.82, 2.24) is 4.90 Å². The number of carbonyl (C=O) groups is 2. The van der Waals surface area contributed by atoms with Crippen LogP contribution in [0.15, 0.2) is 0 Å². The van der Waals surface area contributed by atoms with Crippen molar-refractivity contribution in [2.24, 2.45) is 5.92 Å². The first-order valence-electron chi connectivity index (χ1n) is 5.52. The fourth-order valence-corrected chi connectivity index (χ4v) is 1.99. The number of hydrogen-bond donors (Lipinski definition) is 1. The van der Waals surface area contributed by atoms with E-state index in [9.17, 15) is 9.59 Å². The van der Waals surface area contributed by atoms with Crippen molar-refractivity contribution in [3.8, 4) is 0 Å². The lowest BCUT2D eigenvalue weighted by molar-refractivity contribution is -0.142. The van der Waals surface area contributed by atoms with Crippen molar-refractivity contribution < 1.29 is 14.7 Å². The molecular formula is C11H19NO3. The van der Waals surface area contributed by atoms with Crippen LogP contribution in [-0.2, 0) is 9.59 Å². The van der Waals surface area contributed by atoms with Crippen LogP contribution in [0.3, 0.4) is 0 Å². The molecule has 0 bridgehead atoms. The number of likely N-dealkylation sites (tertiary alicyclic amines) is 1. The molecule has 0 radical (unpaired) electrons. The summed E-state index contributed by atoms with van der Waals surface area (Å²) in [5.74, 6) is -0.382. The molecule has 15 heavy (non-hydrogen) atoms. The molecule has 4 heteroatoms. The molecule has 1 aliphatic rings. The summed E-state index contributed by atoms with van der Waals surface area (Å²) in [5, 5.41) is 8.51. The summed E-state index contributed by atoms with van der Waals surface area (Å²) >= 11 is 0. The summed E-state index contributed by atoms with van der Waals surface area (Å²) in [6.07, 6.45) is 2.26. The highest BCUT2D eigenvalue weighted by Crippen LogP contribution is 2.22. The van der Waals surface area contributed by atoms with Crippen LogP contribution < -0.4 is 0 Å². The Labute approximate surface area is 90.3 Å². The smallest absolute Gasteiger partial charge is 0.303 e. The number of rotatable bonds is 3. The highest BCUT2D eigenvalue weighted by molar-refractivity contribution is 5.81. The number of hydrogen-bond acceptors (Lipinski definition) is 2. The van der Waals surface area contributed by atoms with E-state index in [1.807, 2.05) is 11.8 Å². The van der Waals surface area contributed by atoms with Crippen molar-refractivity contribution in [2.45, 2.75) is 45.6 Å². The number of carbonyl (C=O) groups excluding carboxylic acids is 1. The Bertz CT molecular complexity index is 252. The topological polar surface area (TPSA) is 57.6 Å². The molecule has 1 heterocycles.